The van der Waals surface area contributed by atoms with Gasteiger partial charge in [-0.25, -0.2) is 0 Å². The van der Waals surface area contributed by atoms with Gasteiger partial charge in [0.25, 0.3) is 0 Å². The molecule has 0 spiro atoms. The zero-order valence-corrected chi connectivity index (χ0v) is 12.5. The van der Waals surface area contributed by atoms with Crippen LogP contribution in [0.1, 0.15) is 50.8 Å². The molecular weight excluding hydrogens is 252 g/mol. The van der Waals surface area contributed by atoms with Crippen molar-refractivity contribution in [2.75, 3.05) is 13.7 Å². The molecule has 1 fully saturated rings. The second-order valence-corrected chi connectivity index (χ2v) is 5.43. The highest BCUT2D eigenvalue weighted by Crippen LogP contribution is 2.35. The molecule has 0 saturated heterocycles. The average molecular weight is 278 g/mol. The molecule has 112 valence electrons. The molecule has 0 radical (unpaired) electrons. The first-order valence-corrected chi connectivity index (χ1v) is 7.64. The van der Waals surface area contributed by atoms with Crippen molar-refractivity contribution in [3.8, 4) is 5.75 Å². The number of nitrogens with zero attached hydrogens (tertiary/aromatic N) is 1. The minimum atomic E-state index is -0.228. The molecule has 1 aromatic rings. The average Bonchev–Trinajstić information content (AvgIpc) is 2.52. The lowest BCUT2D eigenvalue weighted by Crippen LogP contribution is -2.37. The van der Waals surface area contributed by atoms with Crippen LogP contribution in [0, 0.1) is 5.92 Å². The second-order valence-electron chi connectivity index (χ2n) is 5.43. The maximum Gasteiger partial charge on any atom is 0.142 e. The maximum absolute atomic E-state index is 6.47. The van der Waals surface area contributed by atoms with E-state index in [1.807, 2.05) is 19.1 Å². The van der Waals surface area contributed by atoms with Crippen molar-refractivity contribution >= 4 is 0 Å². The Bertz CT molecular complexity index is 405. The van der Waals surface area contributed by atoms with Crippen molar-refractivity contribution in [2.24, 2.45) is 11.7 Å². The Morgan fingerprint density at radius 3 is 2.75 bits per heavy atom. The third-order valence-electron chi connectivity index (χ3n) is 4.16. The molecule has 0 amide bonds. The van der Waals surface area contributed by atoms with Crippen LogP contribution in [0.5, 0.6) is 5.75 Å². The molecule has 0 aliphatic heterocycles. The Morgan fingerprint density at radius 1 is 1.35 bits per heavy atom. The lowest BCUT2D eigenvalue weighted by Gasteiger charge is -2.34. The number of nitrogens with two attached hydrogens (primary N) is 1. The van der Waals surface area contributed by atoms with Crippen LogP contribution in [-0.2, 0) is 4.74 Å². The van der Waals surface area contributed by atoms with Crippen molar-refractivity contribution < 1.29 is 9.47 Å². The predicted molar refractivity (Wildman–Crippen MR) is 79.7 cm³/mol. The first-order valence-electron chi connectivity index (χ1n) is 7.64. The van der Waals surface area contributed by atoms with E-state index in [1.165, 1.54) is 32.1 Å². The van der Waals surface area contributed by atoms with Crippen LogP contribution >= 0.6 is 0 Å². The van der Waals surface area contributed by atoms with E-state index in [4.69, 9.17) is 15.2 Å². The number of ether oxygens (including phenoxy) is 2. The van der Waals surface area contributed by atoms with Gasteiger partial charge in [-0.15, -0.1) is 0 Å². The first-order chi connectivity index (χ1) is 9.77. The van der Waals surface area contributed by atoms with Gasteiger partial charge in [0.15, 0.2) is 0 Å². The van der Waals surface area contributed by atoms with Gasteiger partial charge < -0.3 is 15.2 Å². The molecule has 1 aliphatic carbocycles. The van der Waals surface area contributed by atoms with E-state index in [9.17, 15) is 0 Å². The van der Waals surface area contributed by atoms with Gasteiger partial charge >= 0.3 is 0 Å². The highest BCUT2D eigenvalue weighted by Gasteiger charge is 2.32. The number of pyridine rings is 1. The number of hydrogen-bond donors (Lipinski definition) is 1. The van der Waals surface area contributed by atoms with Gasteiger partial charge in [0.05, 0.1) is 19.3 Å². The van der Waals surface area contributed by atoms with Crippen molar-refractivity contribution in [3.05, 3.63) is 24.0 Å². The molecule has 20 heavy (non-hydrogen) atoms. The lowest BCUT2D eigenvalue weighted by atomic mass is 9.82. The van der Waals surface area contributed by atoms with E-state index in [-0.39, 0.29) is 12.1 Å². The molecule has 2 N–H and O–H groups in total. The highest BCUT2D eigenvalue weighted by atomic mass is 16.5. The van der Waals surface area contributed by atoms with E-state index in [0.29, 0.717) is 12.5 Å². The lowest BCUT2D eigenvalue weighted by molar-refractivity contribution is -0.0111. The van der Waals surface area contributed by atoms with Crippen molar-refractivity contribution in [1.82, 2.24) is 4.98 Å². The van der Waals surface area contributed by atoms with Crippen molar-refractivity contribution in [1.29, 1.82) is 0 Å². The van der Waals surface area contributed by atoms with Gasteiger partial charge in [-0.1, -0.05) is 19.3 Å². The van der Waals surface area contributed by atoms with Gasteiger partial charge in [0.2, 0.25) is 0 Å². The summed E-state index contributed by atoms with van der Waals surface area (Å²) in [5.74, 6) is 1.28. The summed E-state index contributed by atoms with van der Waals surface area (Å²) in [7, 11) is 1.66. The van der Waals surface area contributed by atoms with Gasteiger partial charge in [-0.2, -0.15) is 0 Å². The number of aromatic nitrogens is 1. The fraction of sp³-hybridized carbons (Fsp3) is 0.688. The zero-order chi connectivity index (χ0) is 14.4. The Hall–Kier alpha value is -1.13. The molecule has 2 atom stereocenters. The van der Waals surface area contributed by atoms with E-state index in [2.05, 4.69) is 4.98 Å². The maximum atomic E-state index is 6.47. The van der Waals surface area contributed by atoms with E-state index >= 15 is 0 Å². The van der Waals surface area contributed by atoms with E-state index < -0.39 is 0 Å². The molecule has 4 heteroatoms. The molecule has 1 heterocycles. The van der Waals surface area contributed by atoms with Crippen LogP contribution < -0.4 is 10.5 Å². The summed E-state index contributed by atoms with van der Waals surface area (Å²) in [5.41, 5.74) is 7.27. The van der Waals surface area contributed by atoms with Crippen molar-refractivity contribution in [2.45, 2.75) is 51.2 Å². The molecular formula is C16H26N2O2. The normalized spacial score (nSPS) is 19.6. The summed E-state index contributed by atoms with van der Waals surface area (Å²) >= 11 is 0. The van der Waals surface area contributed by atoms with Crippen molar-refractivity contribution in [3.63, 3.8) is 0 Å². The summed E-state index contributed by atoms with van der Waals surface area (Å²) < 4.78 is 11.4. The Balaban J connectivity index is 2.18. The predicted octanol–water partition coefficient (Wildman–Crippen LogP) is 3.08. The second kappa shape index (κ2) is 7.60. The van der Waals surface area contributed by atoms with Crippen LogP contribution in [0.3, 0.4) is 0 Å². The third-order valence-corrected chi connectivity index (χ3v) is 4.16. The molecule has 1 aromatic heterocycles. The molecule has 0 bridgehead atoms. The van der Waals surface area contributed by atoms with Crippen LogP contribution in [0.15, 0.2) is 18.3 Å². The Morgan fingerprint density at radius 2 is 2.10 bits per heavy atom. The SMILES string of the molecule is CCOC(C1CCCCC1)C(N)c1ncccc1OC. The van der Waals surface area contributed by atoms with Crippen LogP contribution in [0.25, 0.3) is 0 Å². The largest absolute Gasteiger partial charge is 0.495 e. The Kier molecular flexibility index (Phi) is 5.80. The number of methoxy groups -OCH3 is 1. The van der Waals surface area contributed by atoms with Gasteiger partial charge in [-0.05, 0) is 37.8 Å². The molecule has 2 unspecified atom stereocenters. The summed E-state index contributed by atoms with van der Waals surface area (Å²) in [6, 6.07) is 3.55. The standard InChI is InChI=1S/C16H26N2O2/c1-3-20-16(12-8-5-4-6-9-12)14(17)15-13(19-2)10-7-11-18-15/h7,10-12,14,16H,3-6,8-9,17H2,1-2H3. The monoisotopic (exact) mass is 278 g/mol. The van der Waals surface area contributed by atoms with Crippen LogP contribution in [0.4, 0.5) is 0 Å². The first kappa shape index (κ1) is 15.3. The zero-order valence-electron chi connectivity index (χ0n) is 12.5. The summed E-state index contributed by atoms with van der Waals surface area (Å²) in [5, 5.41) is 0. The van der Waals surface area contributed by atoms with Crippen LogP contribution in [0.2, 0.25) is 0 Å². The van der Waals surface area contributed by atoms with E-state index in [1.54, 1.807) is 13.3 Å². The molecule has 0 aromatic carbocycles. The van der Waals surface area contributed by atoms with Gasteiger partial charge in [0.1, 0.15) is 11.4 Å². The minimum Gasteiger partial charge on any atom is -0.495 e. The summed E-state index contributed by atoms with van der Waals surface area (Å²) in [6.45, 7) is 2.71. The van der Waals surface area contributed by atoms with Gasteiger partial charge in [-0.3, -0.25) is 4.98 Å². The summed E-state index contributed by atoms with van der Waals surface area (Å²) in [6.07, 6.45) is 8.09. The fourth-order valence-corrected chi connectivity index (χ4v) is 3.17. The quantitative estimate of drug-likeness (QED) is 0.868. The van der Waals surface area contributed by atoms with Gasteiger partial charge in [0, 0.05) is 12.8 Å². The fourth-order valence-electron chi connectivity index (χ4n) is 3.17. The number of hydrogen-bond acceptors (Lipinski definition) is 4. The topological polar surface area (TPSA) is 57.4 Å². The Labute approximate surface area is 121 Å². The number of rotatable bonds is 6. The highest BCUT2D eigenvalue weighted by molar-refractivity contribution is 5.30. The van der Waals surface area contributed by atoms with E-state index in [0.717, 1.165) is 11.4 Å². The van der Waals surface area contributed by atoms with Crippen LogP contribution in [-0.4, -0.2) is 24.8 Å². The molecule has 1 saturated carbocycles. The molecule has 4 nitrogen and oxygen atoms in total. The minimum absolute atomic E-state index is 0.0316. The third kappa shape index (κ3) is 3.49. The molecule has 2 rings (SSSR count). The molecule has 1 aliphatic rings. The smallest absolute Gasteiger partial charge is 0.142 e. The summed E-state index contributed by atoms with van der Waals surface area (Å²) in [4.78, 5) is 4.42.